The first kappa shape index (κ1) is 19.3. The van der Waals surface area contributed by atoms with E-state index in [0.29, 0.717) is 5.91 Å². The van der Waals surface area contributed by atoms with Crippen molar-refractivity contribution in [3.8, 4) is 5.75 Å². The Hall–Kier alpha value is -2.63. The van der Waals surface area contributed by atoms with Gasteiger partial charge in [-0.2, -0.15) is 0 Å². The maximum atomic E-state index is 12.9. The van der Waals surface area contributed by atoms with Gasteiger partial charge in [-0.15, -0.1) is 0 Å². The van der Waals surface area contributed by atoms with Crippen LogP contribution in [0.15, 0.2) is 36.7 Å². The second kappa shape index (κ2) is 7.89. The molecule has 158 valence electrons. The fraction of sp³-hybridized carbons (Fsp3) is 0.542. The molecule has 6 nitrogen and oxygen atoms in total. The number of ether oxygens (including phenoxy) is 1. The van der Waals surface area contributed by atoms with Crippen LogP contribution >= 0.6 is 0 Å². The number of para-hydroxylation sites is 1. The average Bonchev–Trinajstić information content (AvgIpc) is 3.24. The third kappa shape index (κ3) is 3.75. The van der Waals surface area contributed by atoms with E-state index in [0.717, 1.165) is 69.1 Å². The van der Waals surface area contributed by atoms with Crippen LogP contribution in [0.5, 0.6) is 5.75 Å². The van der Waals surface area contributed by atoms with Crippen LogP contribution in [0.1, 0.15) is 49.8 Å². The summed E-state index contributed by atoms with van der Waals surface area (Å²) in [5.41, 5.74) is 1.83. The highest BCUT2D eigenvalue weighted by Gasteiger charge is 2.43. The number of benzene rings is 1. The minimum absolute atomic E-state index is 0.246. The van der Waals surface area contributed by atoms with Crippen LogP contribution in [0.2, 0.25) is 0 Å². The molecule has 3 aliphatic rings. The van der Waals surface area contributed by atoms with Crippen molar-refractivity contribution in [3.63, 3.8) is 0 Å². The van der Waals surface area contributed by atoms with Gasteiger partial charge in [0, 0.05) is 55.7 Å². The summed E-state index contributed by atoms with van der Waals surface area (Å²) in [5.74, 6) is 2.50. The summed E-state index contributed by atoms with van der Waals surface area (Å²) in [6, 6.07) is 10.3. The molecule has 1 saturated carbocycles. The maximum absolute atomic E-state index is 12.9. The number of piperidine rings is 1. The number of hydrogen-bond donors (Lipinski definition) is 0. The number of rotatable bonds is 2. The van der Waals surface area contributed by atoms with Gasteiger partial charge in [-0.05, 0) is 25.8 Å². The summed E-state index contributed by atoms with van der Waals surface area (Å²) in [4.78, 5) is 26.1. The fourth-order valence-corrected chi connectivity index (χ4v) is 5.21. The lowest BCUT2D eigenvalue weighted by Crippen LogP contribution is -2.55. The average molecular weight is 407 g/mol. The normalized spacial score (nSPS) is 21.2. The van der Waals surface area contributed by atoms with Gasteiger partial charge < -0.3 is 14.5 Å². The predicted molar refractivity (Wildman–Crippen MR) is 115 cm³/mol. The van der Waals surface area contributed by atoms with Crippen molar-refractivity contribution >= 4 is 11.7 Å². The summed E-state index contributed by atoms with van der Waals surface area (Å²) in [7, 11) is 0. The van der Waals surface area contributed by atoms with Crippen LogP contribution in [0.3, 0.4) is 0 Å². The molecular formula is C24H30N4O2. The van der Waals surface area contributed by atoms with Crippen LogP contribution in [-0.4, -0.2) is 46.0 Å². The highest BCUT2D eigenvalue weighted by molar-refractivity contribution is 5.79. The molecule has 1 aliphatic carbocycles. The van der Waals surface area contributed by atoms with E-state index >= 15 is 0 Å². The lowest BCUT2D eigenvalue weighted by molar-refractivity contribution is -0.138. The van der Waals surface area contributed by atoms with Gasteiger partial charge in [0.2, 0.25) is 5.91 Å². The minimum Gasteiger partial charge on any atom is -0.485 e. The van der Waals surface area contributed by atoms with Crippen molar-refractivity contribution < 1.29 is 9.53 Å². The van der Waals surface area contributed by atoms with Crippen LogP contribution in [0.25, 0.3) is 0 Å². The Morgan fingerprint density at radius 1 is 1.13 bits per heavy atom. The third-order valence-corrected chi connectivity index (χ3v) is 6.94. The van der Waals surface area contributed by atoms with E-state index in [2.05, 4.69) is 38.0 Å². The van der Waals surface area contributed by atoms with Crippen LogP contribution in [0.4, 0.5) is 5.82 Å². The number of fused-ring (bicyclic) bond motifs is 1. The topological polar surface area (TPSA) is 58.6 Å². The first-order valence-electron chi connectivity index (χ1n) is 11.2. The van der Waals surface area contributed by atoms with Gasteiger partial charge in [-0.1, -0.05) is 31.0 Å². The number of carbonyl (C=O) groups is 1. The molecule has 1 amide bonds. The van der Waals surface area contributed by atoms with E-state index < -0.39 is 0 Å². The van der Waals surface area contributed by atoms with Crippen molar-refractivity contribution in [1.29, 1.82) is 0 Å². The number of carbonyl (C=O) groups excluding carboxylic acids is 1. The molecule has 6 heteroatoms. The molecule has 30 heavy (non-hydrogen) atoms. The predicted octanol–water partition coefficient (Wildman–Crippen LogP) is 3.74. The van der Waals surface area contributed by atoms with E-state index in [1.165, 1.54) is 18.4 Å². The van der Waals surface area contributed by atoms with E-state index in [9.17, 15) is 4.79 Å². The second-order valence-corrected chi connectivity index (χ2v) is 9.07. The molecule has 2 fully saturated rings. The van der Waals surface area contributed by atoms with Gasteiger partial charge in [0.1, 0.15) is 23.5 Å². The lowest BCUT2D eigenvalue weighted by atomic mass is 9.89. The molecule has 0 atom stereocenters. The molecule has 0 bridgehead atoms. The minimum atomic E-state index is -0.308. The first-order valence-corrected chi connectivity index (χ1v) is 11.2. The quantitative estimate of drug-likeness (QED) is 0.761. The van der Waals surface area contributed by atoms with Crippen molar-refractivity contribution in [2.75, 3.05) is 24.5 Å². The standard InChI is InChI=1S/C24H30N4O2/c1-18-14-22(26-17-25-18)28-15-20-8-4-5-9-21(20)30-24(16-28)10-12-27(13-11-24)23(29)19-6-2-3-7-19/h4-5,8-9,14,17,19H,2-3,6-7,10-13,15-16H2,1H3. The molecule has 1 spiro atoms. The second-order valence-electron chi connectivity index (χ2n) is 9.07. The summed E-state index contributed by atoms with van der Waals surface area (Å²) in [6.07, 6.45) is 7.84. The molecular weight excluding hydrogens is 376 g/mol. The number of amides is 1. The number of aryl methyl sites for hydroxylation is 1. The summed E-state index contributed by atoms with van der Waals surface area (Å²) in [6.45, 7) is 5.07. The smallest absolute Gasteiger partial charge is 0.225 e. The van der Waals surface area contributed by atoms with Gasteiger partial charge in [0.15, 0.2) is 0 Å². The van der Waals surface area contributed by atoms with Crippen molar-refractivity contribution in [3.05, 3.63) is 47.9 Å². The third-order valence-electron chi connectivity index (χ3n) is 6.94. The van der Waals surface area contributed by atoms with Crippen LogP contribution < -0.4 is 9.64 Å². The van der Waals surface area contributed by atoms with Crippen LogP contribution in [-0.2, 0) is 11.3 Å². The molecule has 2 aliphatic heterocycles. The number of hydrogen-bond acceptors (Lipinski definition) is 5. The maximum Gasteiger partial charge on any atom is 0.225 e. The zero-order chi connectivity index (χ0) is 20.6. The Morgan fingerprint density at radius 3 is 2.67 bits per heavy atom. The van der Waals surface area contributed by atoms with Gasteiger partial charge in [0.25, 0.3) is 0 Å². The first-order chi connectivity index (χ1) is 14.6. The van der Waals surface area contributed by atoms with Crippen molar-refractivity contribution in [2.45, 2.75) is 57.6 Å². The molecule has 0 N–H and O–H groups in total. The highest BCUT2D eigenvalue weighted by Crippen LogP contribution is 2.37. The zero-order valence-corrected chi connectivity index (χ0v) is 17.7. The number of nitrogens with zero attached hydrogens (tertiary/aromatic N) is 4. The largest absolute Gasteiger partial charge is 0.485 e. The zero-order valence-electron chi connectivity index (χ0n) is 17.7. The molecule has 2 aromatic rings. The Balaban J connectivity index is 1.39. The number of aromatic nitrogens is 2. The van der Waals surface area contributed by atoms with Crippen molar-refractivity contribution in [1.82, 2.24) is 14.9 Å². The van der Waals surface area contributed by atoms with Crippen molar-refractivity contribution in [2.24, 2.45) is 5.92 Å². The van der Waals surface area contributed by atoms with E-state index in [-0.39, 0.29) is 11.5 Å². The van der Waals surface area contributed by atoms with E-state index in [1.54, 1.807) is 6.33 Å². The molecule has 1 aromatic heterocycles. The monoisotopic (exact) mass is 406 g/mol. The Labute approximate surface area is 178 Å². The number of likely N-dealkylation sites (tertiary alicyclic amines) is 1. The molecule has 0 radical (unpaired) electrons. The van der Waals surface area contributed by atoms with E-state index in [4.69, 9.17) is 4.74 Å². The van der Waals surface area contributed by atoms with E-state index in [1.807, 2.05) is 19.1 Å². The molecule has 1 aromatic carbocycles. The Bertz CT molecular complexity index is 917. The molecule has 3 heterocycles. The van der Waals surface area contributed by atoms with Gasteiger partial charge in [-0.3, -0.25) is 4.79 Å². The summed E-state index contributed by atoms with van der Waals surface area (Å²) < 4.78 is 6.70. The molecule has 1 saturated heterocycles. The number of anilines is 1. The van der Waals surface area contributed by atoms with Gasteiger partial charge >= 0.3 is 0 Å². The van der Waals surface area contributed by atoms with Gasteiger partial charge in [0.05, 0.1) is 6.54 Å². The fourth-order valence-electron chi connectivity index (χ4n) is 5.21. The van der Waals surface area contributed by atoms with Crippen LogP contribution in [0, 0.1) is 12.8 Å². The summed E-state index contributed by atoms with van der Waals surface area (Å²) >= 11 is 0. The Morgan fingerprint density at radius 2 is 1.90 bits per heavy atom. The highest BCUT2D eigenvalue weighted by atomic mass is 16.5. The molecule has 5 rings (SSSR count). The lowest BCUT2D eigenvalue weighted by Gasteiger charge is -2.43. The SMILES string of the molecule is Cc1cc(N2Cc3ccccc3OC3(CCN(C(=O)C4CCCC4)CC3)C2)ncn1. The summed E-state index contributed by atoms with van der Waals surface area (Å²) in [5, 5.41) is 0. The Kier molecular flexibility index (Phi) is 5.09. The molecule has 0 unspecified atom stereocenters. The van der Waals surface area contributed by atoms with Gasteiger partial charge in [-0.25, -0.2) is 9.97 Å².